The largest absolute Gasteiger partial charge is 0.507 e. The van der Waals surface area contributed by atoms with Gasteiger partial charge >= 0.3 is 5.97 Å². The molecule has 1 N–H and O–H groups in total. The Bertz CT molecular complexity index is 755. The Morgan fingerprint density at radius 1 is 1.17 bits per heavy atom. The number of carbonyl (C=O) groups is 2. The van der Waals surface area contributed by atoms with Crippen molar-refractivity contribution < 1.29 is 28.6 Å². The second kappa shape index (κ2) is 6.91. The van der Waals surface area contributed by atoms with E-state index in [2.05, 4.69) is 0 Å². The lowest BCUT2D eigenvalue weighted by atomic mass is 10.1. The molecule has 6 heteroatoms. The van der Waals surface area contributed by atoms with Gasteiger partial charge in [0.15, 0.2) is 6.61 Å². The van der Waals surface area contributed by atoms with E-state index in [0.29, 0.717) is 5.56 Å². The number of ketones is 1. The molecule has 0 bridgehead atoms. The predicted octanol–water partition coefficient (Wildman–Crippen LogP) is 2.89. The monoisotopic (exact) mass is 318 g/mol. The highest BCUT2D eigenvalue weighted by Gasteiger charge is 2.18. The maximum atomic E-state index is 13.3. The minimum absolute atomic E-state index is 0.0197. The van der Waals surface area contributed by atoms with Gasteiger partial charge in [-0.05, 0) is 36.8 Å². The van der Waals surface area contributed by atoms with E-state index in [-0.39, 0.29) is 22.6 Å². The van der Waals surface area contributed by atoms with E-state index >= 15 is 0 Å². The molecule has 5 nitrogen and oxygen atoms in total. The van der Waals surface area contributed by atoms with Crippen LogP contribution in [0.3, 0.4) is 0 Å². The van der Waals surface area contributed by atoms with Crippen molar-refractivity contribution in [3.63, 3.8) is 0 Å². The molecule has 0 radical (unpaired) electrons. The normalized spacial score (nSPS) is 10.2. The Morgan fingerprint density at radius 3 is 2.61 bits per heavy atom. The van der Waals surface area contributed by atoms with E-state index < -0.39 is 24.2 Å². The topological polar surface area (TPSA) is 72.8 Å². The molecule has 2 rings (SSSR count). The number of carbonyl (C=O) groups excluding carboxylic acids is 2. The first-order chi connectivity index (χ1) is 10.9. The molecule has 2 aromatic rings. The maximum absolute atomic E-state index is 13.3. The molecule has 0 heterocycles. The molecule has 0 fully saturated rings. The third-order valence-electron chi connectivity index (χ3n) is 3.25. The van der Waals surface area contributed by atoms with E-state index in [9.17, 15) is 19.1 Å². The fraction of sp³-hybridized carbons (Fsp3) is 0.176. The maximum Gasteiger partial charge on any atom is 0.342 e. The number of methoxy groups -OCH3 is 1. The van der Waals surface area contributed by atoms with Crippen LogP contribution >= 0.6 is 0 Å². The molecular weight excluding hydrogens is 303 g/mol. The van der Waals surface area contributed by atoms with Gasteiger partial charge in [-0.1, -0.05) is 12.1 Å². The molecule has 0 aromatic heterocycles. The molecule has 0 aliphatic heterocycles. The molecule has 0 amide bonds. The molecule has 0 unspecified atom stereocenters. The summed E-state index contributed by atoms with van der Waals surface area (Å²) in [5, 5.41) is 9.81. The first kappa shape index (κ1) is 16.5. The number of esters is 1. The molecule has 2 aromatic carbocycles. The summed E-state index contributed by atoms with van der Waals surface area (Å²) in [7, 11) is 1.35. The van der Waals surface area contributed by atoms with Crippen LogP contribution in [0.2, 0.25) is 0 Å². The van der Waals surface area contributed by atoms with Crippen LogP contribution in [0.4, 0.5) is 4.39 Å². The average molecular weight is 318 g/mol. The van der Waals surface area contributed by atoms with E-state index in [0.717, 1.165) is 12.1 Å². The zero-order chi connectivity index (χ0) is 17.0. The highest BCUT2D eigenvalue weighted by molar-refractivity contribution is 6.01. The van der Waals surface area contributed by atoms with Crippen LogP contribution in [0, 0.1) is 12.7 Å². The summed E-state index contributed by atoms with van der Waals surface area (Å²) in [6.07, 6.45) is 0. The molecule has 0 aliphatic rings. The molecule has 120 valence electrons. The summed E-state index contributed by atoms with van der Waals surface area (Å²) >= 11 is 0. The van der Waals surface area contributed by atoms with E-state index in [1.165, 1.54) is 19.2 Å². The summed E-state index contributed by atoms with van der Waals surface area (Å²) in [6, 6.07) is 8.10. The number of Topliss-reactive ketones (excluding diaryl/α,β-unsaturated/α-hetero) is 1. The van der Waals surface area contributed by atoms with Gasteiger partial charge in [0.2, 0.25) is 5.78 Å². The van der Waals surface area contributed by atoms with Crippen molar-refractivity contribution in [3.05, 3.63) is 58.9 Å². The van der Waals surface area contributed by atoms with E-state index in [1.54, 1.807) is 19.1 Å². The summed E-state index contributed by atoms with van der Waals surface area (Å²) in [6.45, 7) is 1.04. The van der Waals surface area contributed by atoms with Crippen LogP contribution in [0.1, 0.15) is 26.3 Å². The molecule has 0 aliphatic carbocycles. The standard InChI is InChI=1S/C17H15FO5/c1-10-4-3-5-12(16(10)20)17(21)23-9-14(19)13-8-11(18)6-7-15(13)22-2/h3-8,20H,9H2,1-2H3. The van der Waals surface area contributed by atoms with Gasteiger partial charge in [-0.3, -0.25) is 4.79 Å². The van der Waals surface area contributed by atoms with Gasteiger partial charge in [-0.15, -0.1) is 0 Å². The van der Waals surface area contributed by atoms with Crippen molar-refractivity contribution in [2.24, 2.45) is 0 Å². The number of aromatic hydroxyl groups is 1. The number of hydrogen-bond acceptors (Lipinski definition) is 5. The van der Waals surface area contributed by atoms with Gasteiger partial charge in [-0.25, -0.2) is 9.18 Å². The van der Waals surface area contributed by atoms with Gasteiger partial charge < -0.3 is 14.6 Å². The minimum atomic E-state index is -0.838. The fourth-order valence-electron chi connectivity index (χ4n) is 2.01. The van der Waals surface area contributed by atoms with Gasteiger partial charge in [0.25, 0.3) is 0 Å². The Labute approximate surface area is 132 Å². The van der Waals surface area contributed by atoms with Crippen LogP contribution in [0.5, 0.6) is 11.5 Å². The van der Waals surface area contributed by atoms with Gasteiger partial charge in [0, 0.05) is 0 Å². The Hall–Kier alpha value is -2.89. The van der Waals surface area contributed by atoms with Crippen molar-refractivity contribution in [2.45, 2.75) is 6.92 Å². The zero-order valence-electron chi connectivity index (χ0n) is 12.6. The molecule has 23 heavy (non-hydrogen) atoms. The summed E-state index contributed by atoms with van der Waals surface area (Å²) < 4.78 is 23.1. The van der Waals surface area contributed by atoms with Crippen LogP contribution in [0.25, 0.3) is 0 Å². The van der Waals surface area contributed by atoms with Crippen LogP contribution < -0.4 is 4.74 Å². The second-order valence-corrected chi connectivity index (χ2v) is 4.81. The van der Waals surface area contributed by atoms with Crippen LogP contribution in [-0.2, 0) is 4.74 Å². The number of phenolic OH excluding ortho intramolecular Hbond substituents is 1. The highest BCUT2D eigenvalue weighted by atomic mass is 19.1. The predicted molar refractivity (Wildman–Crippen MR) is 80.4 cm³/mol. The van der Waals surface area contributed by atoms with Crippen molar-refractivity contribution in [1.82, 2.24) is 0 Å². The number of benzene rings is 2. The Balaban J connectivity index is 2.12. The molecule has 0 spiro atoms. The molecule has 0 atom stereocenters. The van der Waals surface area contributed by atoms with Crippen molar-refractivity contribution in [2.75, 3.05) is 13.7 Å². The smallest absolute Gasteiger partial charge is 0.342 e. The van der Waals surface area contributed by atoms with Crippen molar-refractivity contribution >= 4 is 11.8 Å². The number of aryl methyl sites for hydroxylation is 1. The molecule has 0 saturated heterocycles. The number of hydrogen-bond donors (Lipinski definition) is 1. The lowest BCUT2D eigenvalue weighted by Crippen LogP contribution is -2.15. The first-order valence-electron chi connectivity index (χ1n) is 6.76. The Morgan fingerprint density at radius 2 is 1.91 bits per heavy atom. The molecular formula is C17H15FO5. The number of ether oxygens (including phenoxy) is 2. The van der Waals surface area contributed by atoms with Crippen molar-refractivity contribution in [3.8, 4) is 11.5 Å². The summed E-state index contributed by atoms with van der Waals surface area (Å²) in [4.78, 5) is 24.0. The summed E-state index contributed by atoms with van der Waals surface area (Å²) in [5.41, 5.74) is 0.454. The minimum Gasteiger partial charge on any atom is -0.507 e. The quantitative estimate of drug-likeness (QED) is 0.678. The SMILES string of the molecule is COc1ccc(F)cc1C(=O)COC(=O)c1cccc(C)c1O. The lowest BCUT2D eigenvalue weighted by Gasteiger charge is -2.09. The highest BCUT2D eigenvalue weighted by Crippen LogP contribution is 2.23. The third-order valence-corrected chi connectivity index (χ3v) is 3.25. The fourth-order valence-corrected chi connectivity index (χ4v) is 2.01. The van der Waals surface area contributed by atoms with Gasteiger partial charge in [0.05, 0.1) is 12.7 Å². The van der Waals surface area contributed by atoms with Crippen LogP contribution in [0.15, 0.2) is 36.4 Å². The third kappa shape index (κ3) is 3.66. The van der Waals surface area contributed by atoms with Crippen LogP contribution in [-0.4, -0.2) is 30.6 Å². The second-order valence-electron chi connectivity index (χ2n) is 4.81. The van der Waals surface area contributed by atoms with Gasteiger partial charge in [-0.2, -0.15) is 0 Å². The van der Waals surface area contributed by atoms with Crippen molar-refractivity contribution in [1.29, 1.82) is 0 Å². The van der Waals surface area contributed by atoms with Gasteiger partial charge in [0.1, 0.15) is 22.9 Å². The summed E-state index contributed by atoms with van der Waals surface area (Å²) in [5.74, 6) is -2.06. The number of rotatable bonds is 5. The number of phenols is 1. The first-order valence-corrected chi connectivity index (χ1v) is 6.76. The zero-order valence-corrected chi connectivity index (χ0v) is 12.6. The average Bonchev–Trinajstić information content (AvgIpc) is 2.54. The molecule has 0 saturated carbocycles. The number of para-hydroxylation sites is 1. The van der Waals surface area contributed by atoms with E-state index in [4.69, 9.17) is 9.47 Å². The number of halogens is 1. The lowest BCUT2D eigenvalue weighted by molar-refractivity contribution is 0.0471. The van der Waals surface area contributed by atoms with E-state index in [1.807, 2.05) is 0 Å². The Kier molecular flexibility index (Phi) is 4.95.